The molecule has 5 heteroatoms. The van der Waals surface area contributed by atoms with E-state index in [9.17, 15) is 0 Å². The summed E-state index contributed by atoms with van der Waals surface area (Å²) in [6.07, 6.45) is 2.40. The van der Waals surface area contributed by atoms with Crippen LogP contribution in [0.25, 0.3) is 0 Å². The van der Waals surface area contributed by atoms with Crippen molar-refractivity contribution in [2.75, 3.05) is 71.0 Å². The third kappa shape index (κ3) is 4.92. The first-order chi connectivity index (χ1) is 11.2. The molecule has 2 heterocycles. The Morgan fingerprint density at radius 3 is 2.48 bits per heavy atom. The van der Waals surface area contributed by atoms with Gasteiger partial charge in [0.15, 0.2) is 0 Å². The van der Waals surface area contributed by atoms with Gasteiger partial charge >= 0.3 is 0 Å². The number of hydrogen-bond acceptors (Lipinski definition) is 4. The van der Waals surface area contributed by atoms with Gasteiger partial charge in [0.25, 0.3) is 0 Å². The molecule has 3 rings (SSSR count). The van der Waals surface area contributed by atoms with E-state index in [0.29, 0.717) is 0 Å². The number of piperazine rings is 1. The number of morpholine rings is 1. The van der Waals surface area contributed by atoms with Crippen molar-refractivity contribution in [1.29, 1.82) is 0 Å². The number of rotatable bonds is 5. The Labute approximate surface area is 148 Å². The van der Waals surface area contributed by atoms with E-state index in [2.05, 4.69) is 55.9 Å². The quantitative estimate of drug-likeness (QED) is 0.779. The van der Waals surface area contributed by atoms with Crippen molar-refractivity contribution in [1.82, 2.24) is 9.80 Å². The maximum absolute atomic E-state index is 5.44. The van der Waals surface area contributed by atoms with E-state index in [4.69, 9.17) is 4.74 Å². The molecule has 0 unspecified atom stereocenters. The van der Waals surface area contributed by atoms with E-state index in [0.717, 1.165) is 32.7 Å². The standard InChI is InChI=1S/C18H28BrN3O/c1-20-7-9-21(10-8-20)6-2-3-16-4-5-18(17(19)15-16)22-11-13-23-14-12-22/h4-5,15H,2-3,6-14H2,1H3. The van der Waals surface area contributed by atoms with Gasteiger partial charge in [0.2, 0.25) is 0 Å². The van der Waals surface area contributed by atoms with Gasteiger partial charge < -0.3 is 19.4 Å². The monoisotopic (exact) mass is 381 g/mol. The van der Waals surface area contributed by atoms with Gasteiger partial charge in [-0.1, -0.05) is 6.07 Å². The maximum atomic E-state index is 5.44. The van der Waals surface area contributed by atoms with E-state index in [-0.39, 0.29) is 0 Å². The largest absolute Gasteiger partial charge is 0.378 e. The zero-order valence-electron chi connectivity index (χ0n) is 14.1. The Balaban J connectivity index is 1.48. The van der Waals surface area contributed by atoms with Crippen molar-refractivity contribution in [3.63, 3.8) is 0 Å². The molecule has 2 saturated heterocycles. The molecule has 0 saturated carbocycles. The summed E-state index contributed by atoms with van der Waals surface area (Å²) < 4.78 is 6.66. The lowest BCUT2D eigenvalue weighted by atomic mass is 10.1. The van der Waals surface area contributed by atoms with Crippen LogP contribution in [0.1, 0.15) is 12.0 Å². The topological polar surface area (TPSA) is 19.0 Å². The fourth-order valence-electron chi connectivity index (χ4n) is 3.34. The minimum atomic E-state index is 0.833. The molecule has 0 amide bonds. The summed E-state index contributed by atoms with van der Waals surface area (Å²) in [4.78, 5) is 7.41. The van der Waals surface area contributed by atoms with Crippen LogP contribution >= 0.6 is 15.9 Å². The molecule has 0 bridgehead atoms. The second-order valence-corrected chi connectivity index (χ2v) is 7.49. The molecule has 1 aromatic rings. The molecule has 4 nitrogen and oxygen atoms in total. The van der Waals surface area contributed by atoms with E-state index < -0.39 is 0 Å². The second kappa shape index (κ2) is 8.47. The highest BCUT2D eigenvalue weighted by molar-refractivity contribution is 9.10. The SMILES string of the molecule is CN1CCN(CCCc2ccc(N3CCOCC3)c(Br)c2)CC1. The summed E-state index contributed by atoms with van der Waals surface area (Å²) in [6.45, 7) is 9.71. The number of ether oxygens (including phenoxy) is 1. The minimum Gasteiger partial charge on any atom is -0.378 e. The van der Waals surface area contributed by atoms with Crippen LogP contribution in [0, 0.1) is 0 Å². The van der Waals surface area contributed by atoms with Crippen molar-refractivity contribution >= 4 is 21.6 Å². The molecule has 1 aromatic carbocycles. The van der Waals surface area contributed by atoms with Gasteiger partial charge in [-0.3, -0.25) is 0 Å². The summed E-state index contributed by atoms with van der Waals surface area (Å²) in [5.41, 5.74) is 2.74. The maximum Gasteiger partial charge on any atom is 0.0642 e. The fourth-order valence-corrected chi connectivity index (χ4v) is 4.02. The molecule has 2 aliphatic rings. The van der Waals surface area contributed by atoms with Gasteiger partial charge in [-0.25, -0.2) is 0 Å². The van der Waals surface area contributed by atoms with Crippen molar-refractivity contribution < 1.29 is 4.74 Å². The number of aryl methyl sites for hydroxylation is 1. The minimum absolute atomic E-state index is 0.833. The van der Waals surface area contributed by atoms with Gasteiger partial charge in [0.05, 0.1) is 18.9 Å². The molecule has 0 aromatic heterocycles. The Kier molecular flexibility index (Phi) is 6.34. The molecule has 0 spiro atoms. The van der Waals surface area contributed by atoms with E-state index in [1.54, 1.807) is 0 Å². The van der Waals surface area contributed by atoms with Crippen molar-refractivity contribution in [2.24, 2.45) is 0 Å². The summed E-state index contributed by atoms with van der Waals surface area (Å²) >= 11 is 3.76. The van der Waals surface area contributed by atoms with Gasteiger partial charge in [0.1, 0.15) is 0 Å². The van der Waals surface area contributed by atoms with Crippen LogP contribution in [0.3, 0.4) is 0 Å². The summed E-state index contributed by atoms with van der Waals surface area (Å²) in [5.74, 6) is 0. The van der Waals surface area contributed by atoms with Crippen LogP contribution in [-0.4, -0.2) is 75.9 Å². The number of anilines is 1. The zero-order valence-corrected chi connectivity index (χ0v) is 15.7. The lowest BCUT2D eigenvalue weighted by Crippen LogP contribution is -2.44. The highest BCUT2D eigenvalue weighted by Gasteiger charge is 2.15. The van der Waals surface area contributed by atoms with Crippen molar-refractivity contribution in [3.05, 3.63) is 28.2 Å². The third-order valence-corrected chi connectivity index (χ3v) is 5.53. The Morgan fingerprint density at radius 1 is 1.04 bits per heavy atom. The normalized spacial score (nSPS) is 20.9. The number of halogens is 1. The van der Waals surface area contributed by atoms with Gasteiger partial charge in [0, 0.05) is 43.7 Å². The second-order valence-electron chi connectivity index (χ2n) is 6.63. The lowest BCUT2D eigenvalue weighted by Gasteiger charge is -2.32. The molecular formula is C18H28BrN3O. The summed E-state index contributed by atoms with van der Waals surface area (Å²) in [6, 6.07) is 6.86. The van der Waals surface area contributed by atoms with Crippen LogP contribution in [0.5, 0.6) is 0 Å². The molecule has 2 aliphatic heterocycles. The zero-order chi connectivity index (χ0) is 16.1. The van der Waals surface area contributed by atoms with Crippen LogP contribution in [0.15, 0.2) is 22.7 Å². The summed E-state index contributed by atoms with van der Waals surface area (Å²) in [7, 11) is 2.21. The number of hydrogen-bond donors (Lipinski definition) is 0. The van der Waals surface area contributed by atoms with Gasteiger partial charge in [-0.2, -0.15) is 0 Å². The Morgan fingerprint density at radius 2 is 1.78 bits per heavy atom. The van der Waals surface area contributed by atoms with E-state index in [1.165, 1.54) is 54.9 Å². The van der Waals surface area contributed by atoms with Crippen molar-refractivity contribution in [2.45, 2.75) is 12.8 Å². The highest BCUT2D eigenvalue weighted by Crippen LogP contribution is 2.28. The molecule has 0 N–H and O–H groups in total. The van der Waals surface area contributed by atoms with Crippen LogP contribution in [0.2, 0.25) is 0 Å². The fraction of sp³-hybridized carbons (Fsp3) is 0.667. The van der Waals surface area contributed by atoms with Crippen LogP contribution < -0.4 is 4.90 Å². The van der Waals surface area contributed by atoms with Gasteiger partial charge in [-0.15, -0.1) is 0 Å². The molecule has 0 atom stereocenters. The molecule has 128 valence electrons. The average molecular weight is 382 g/mol. The number of nitrogens with zero attached hydrogens (tertiary/aromatic N) is 3. The lowest BCUT2D eigenvalue weighted by molar-refractivity contribution is 0.122. The van der Waals surface area contributed by atoms with E-state index >= 15 is 0 Å². The number of likely N-dealkylation sites (N-methyl/N-ethyl adjacent to an activating group) is 1. The molecule has 2 fully saturated rings. The van der Waals surface area contributed by atoms with Crippen molar-refractivity contribution in [3.8, 4) is 0 Å². The van der Waals surface area contributed by atoms with Crippen LogP contribution in [-0.2, 0) is 11.2 Å². The Hall–Kier alpha value is -0.620. The van der Waals surface area contributed by atoms with E-state index in [1.807, 2.05) is 0 Å². The first-order valence-corrected chi connectivity index (χ1v) is 9.54. The predicted octanol–water partition coefficient (Wildman–Crippen LogP) is 2.47. The van der Waals surface area contributed by atoms with Crippen LogP contribution in [0.4, 0.5) is 5.69 Å². The highest BCUT2D eigenvalue weighted by atomic mass is 79.9. The smallest absolute Gasteiger partial charge is 0.0642 e. The first kappa shape index (κ1) is 17.2. The molecule has 0 aliphatic carbocycles. The third-order valence-electron chi connectivity index (χ3n) is 4.90. The average Bonchev–Trinajstić information content (AvgIpc) is 2.58. The first-order valence-electron chi connectivity index (χ1n) is 8.74. The Bertz CT molecular complexity index is 497. The molecule has 23 heavy (non-hydrogen) atoms. The molecule has 0 radical (unpaired) electrons. The number of benzene rings is 1. The molecular weight excluding hydrogens is 354 g/mol. The summed E-state index contributed by atoms with van der Waals surface area (Å²) in [5, 5.41) is 0. The predicted molar refractivity (Wildman–Crippen MR) is 99.4 cm³/mol. The van der Waals surface area contributed by atoms with Gasteiger partial charge in [-0.05, 0) is 60.1 Å².